The molecule has 0 unspecified atom stereocenters. The Labute approximate surface area is 118 Å². The zero-order chi connectivity index (χ0) is 14.8. The third kappa shape index (κ3) is 3.10. The fourth-order valence-corrected chi connectivity index (χ4v) is 2.84. The molecule has 0 atom stereocenters. The van der Waals surface area contributed by atoms with Crippen molar-refractivity contribution < 1.29 is 17.9 Å². The SMILES string of the molecule is COc1ccccc1Cc1nc(C(F)(F)F)c(CN)s1. The van der Waals surface area contributed by atoms with Gasteiger partial charge in [-0.15, -0.1) is 11.3 Å². The van der Waals surface area contributed by atoms with Crippen LogP contribution in [0, 0.1) is 0 Å². The Bertz CT molecular complexity index is 596. The zero-order valence-corrected chi connectivity index (χ0v) is 11.5. The number of thiazole rings is 1. The van der Waals surface area contributed by atoms with Crippen LogP contribution in [0.4, 0.5) is 13.2 Å². The van der Waals surface area contributed by atoms with Gasteiger partial charge in [-0.1, -0.05) is 18.2 Å². The minimum atomic E-state index is -4.47. The van der Waals surface area contributed by atoms with Gasteiger partial charge < -0.3 is 10.5 Å². The zero-order valence-electron chi connectivity index (χ0n) is 10.7. The average molecular weight is 302 g/mol. The fourth-order valence-electron chi connectivity index (χ4n) is 1.85. The summed E-state index contributed by atoms with van der Waals surface area (Å²) in [5.41, 5.74) is 5.27. The molecule has 108 valence electrons. The summed E-state index contributed by atoms with van der Waals surface area (Å²) in [6, 6.07) is 7.17. The van der Waals surface area contributed by atoms with E-state index >= 15 is 0 Å². The topological polar surface area (TPSA) is 48.1 Å². The van der Waals surface area contributed by atoms with Crippen LogP contribution in [0.3, 0.4) is 0 Å². The Morgan fingerprint density at radius 2 is 2.00 bits per heavy atom. The number of alkyl halides is 3. The van der Waals surface area contributed by atoms with Gasteiger partial charge in [0.15, 0.2) is 5.69 Å². The van der Waals surface area contributed by atoms with E-state index in [0.717, 1.165) is 16.9 Å². The third-order valence-electron chi connectivity index (χ3n) is 2.73. The van der Waals surface area contributed by atoms with Crippen LogP contribution in [0.5, 0.6) is 5.75 Å². The van der Waals surface area contributed by atoms with Crippen LogP contribution in [-0.2, 0) is 19.1 Å². The predicted octanol–water partition coefficient (Wildman–Crippen LogP) is 3.22. The second-order valence-electron chi connectivity index (χ2n) is 4.07. The summed E-state index contributed by atoms with van der Waals surface area (Å²) < 4.78 is 43.6. The molecule has 0 aliphatic heterocycles. The Morgan fingerprint density at radius 1 is 1.30 bits per heavy atom. The van der Waals surface area contributed by atoms with E-state index in [-0.39, 0.29) is 17.8 Å². The summed E-state index contributed by atoms with van der Waals surface area (Å²) in [5.74, 6) is 0.630. The number of halogens is 3. The lowest BCUT2D eigenvalue weighted by Gasteiger charge is -2.06. The average Bonchev–Trinajstić information content (AvgIpc) is 2.82. The number of hydrogen-bond acceptors (Lipinski definition) is 4. The van der Waals surface area contributed by atoms with Crippen molar-refractivity contribution in [2.45, 2.75) is 19.1 Å². The molecule has 0 radical (unpaired) electrons. The number of ether oxygens (including phenoxy) is 1. The molecular weight excluding hydrogens is 289 g/mol. The summed E-state index contributed by atoms with van der Waals surface area (Å²) in [6.45, 7) is -0.168. The molecule has 0 saturated heterocycles. The van der Waals surface area contributed by atoms with E-state index < -0.39 is 11.9 Å². The normalized spacial score (nSPS) is 11.7. The van der Waals surface area contributed by atoms with Gasteiger partial charge in [-0.05, 0) is 6.07 Å². The molecule has 0 spiro atoms. The highest BCUT2D eigenvalue weighted by molar-refractivity contribution is 7.11. The van der Waals surface area contributed by atoms with Crippen molar-refractivity contribution in [2.24, 2.45) is 5.73 Å². The van der Waals surface area contributed by atoms with E-state index in [1.807, 2.05) is 0 Å². The lowest BCUT2D eigenvalue weighted by atomic mass is 10.1. The molecule has 0 aliphatic carbocycles. The van der Waals surface area contributed by atoms with Crippen molar-refractivity contribution in [3.8, 4) is 5.75 Å². The van der Waals surface area contributed by atoms with Gasteiger partial charge in [0, 0.05) is 18.5 Å². The number of hydrogen-bond donors (Lipinski definition) is 1. The van der Waals surface area contributed by atoms with Crippen LogP contribution in [0.15, 0.2) is 24.3 Å². The minimum Gasteiger partial charge on any atom is -0.496 e. The fraction of sp³-hybridized carbons (Fsp3) is 0.308. The molecule has 7 heteroatoms. The number of nitrogens with zero attached hydrogens (tertiary/aromatic N) is 1. The summed E-state index contributed by atoms with van der Waals surface area (Å²) >= 11 is 0.989. The van der Waals surface area contributed by atoms with E-state index in [4.69, 9.17) is 10.5 Å². The van der Waals surface area contributed by atoms with Crippen molar-refractivity contribution in [2.75, 3.05) is 7.11 Å². The predicted molar refractivity (Wildman–Crippen MR) is 70.8 cm³/mol. The number of benzene rings is 1. The van der Waals surface area contributed by atoms with E-state index in [0.29, 0.717) is 10.8 Å². The molecule has 0 bridgehead atoms. The van der Waals surface area contributed by atoms with Crippen molar-refractivity contribution in [3.05, 3.63) is 45.4 Å². The first-order chi connectivity index (χ1) is 9.45. The molecular formula is C13H13F3N2OS. The Hall–Kier alpha value is -1.60. The van der Waals surface area contributed by atoms with Gasteiger partial charge >= 0.3 is 6.18 Å². The highest BCUT2D eigenvalue weighted by Crippen LogP contribution is 2.35. The van der Waals surface area contributed by atoms with Crippen molar-refractivity contribution in [1.29, 1.82) is 0 Å². The molecule has 2 N–H and O–H groups in total. The largest absolute Gasteiger partial charge is 0.496 e. The number of para-hydroxylation sites is 1. The van der Waals surface area contributed by atoms with Crippen molar-refractivity contribution >= 4 is 11.3 Å². The highest BCUT2D eigenvalue weighted by atomic mass is 32.1. The molecule has 1 heterocycles. The Morgan fingerprint density at radius 3 is 2.55 bits per heavy atom. The third-order valence-corrected chi connectivity index (χ3v) is 3.81. The summed E-state index contributed by atoms with van der Waals surface area (Å²) in [6.07, 6.45) is -4.18. The number of rotatable bonds is 4. The molecule has 3 nitrogen and oxygen atoms in total. The number of nitrogens with two attached hydrogens (primary N) is 1. The number of aromatic nitrogens is 1. The molecule has 0 amide bonds. The lowest BCUT2D eigenvalue weighted by molar-refractivity contribution is -0.141. The van der Waals surface area contributed by atoms with E-state index in [9.17, 15) is 13.2 Å². The first-order valence-corrected chi connectivity index (χ1v) is 6.65. The highest BCUT2D eigenvalue weighted by Gasteiger charge is 2.37. The maximum atomic E-state index is 12.8. The van der Waals surface area contributed by atoms with Crippen LogP contribution in [0.1, 0.15) is 21.1 Å². The van der Waals surface area contributed by atoms with Gasteiger partial charge in [0.2, 0.25) is 0 Å². The van der Waals surface area contributed by atoms with E-state index in [2.05, 4.69) is 4.98 Å². The second kappa shape index (κ2) is 5.80. The molecule has 1 aromatic heterocycles. The molecule has 1 aromatic carbocycles. The van der Waals surface area contributed by atoms with Crippen LogP contribution >= 0.6 is 11.3 Å². The number of methoxy groups -OCH3 is 1. The first kappa shape index (κ1) is 14.8. The monoisotopic (exact) mass is 302 g/mol. The van der Waals surface area contributed by atoms with Crippen molar-refractivity contribution in [1.82, 2.24) is 4.98 Å². The smallest absolute Gasteiger partial charge is 0.434 e. The molecule has 0 fully saturated rings. The van der Waals surface area contributed by atoms with Gasteiger partial charge in [0.05, 0.1) is 17.0 Å². The van der Waals surface area contributed by atoms with E-state index in [1.54, 1.807) is 24.3 Å². The molecule has 2 aromatic rings. The lowest BCUT2D eigenvalue weighted by Crippen LogP contribution is -2.10. The quantitative estimate of drug-likeness (QED) is 0.943. The van der Waals surface area contributed by atoms with Crippen LogP contribution in [0.2, 0.25) is 0 Å². The van der Waals surface area contributed by atoms with E-state index in [1.165, 1.54) is 7.11 Å². The Balaban J connectivity index is 2.33. The van der Waals surface area contributed by atoms with Gasteiger partial charge in [-0.25, -0.2) is 4.98 Å². The molecule has 0 saturated carbocycles. The summed E-state index contributed by atoms with van der Waals surface area (Å²) in [5, 5.41) is 0.377. The van der Waals surface area contributed by atoms with Gasteiger partial charge in [0.25, 0.3) is 0 Å². The molecule has 20 heavy (non-hydrogen) atoms. The van der Waals surface area contributed by atoms with Crippen LogP contribution in [-0.4, -0.2) is 12.1 Å². The van der Waals surface area contributed by atoms with Crippen LogP contribution in [0.25, 0.3) is 0 Å². The maximum Gasteiger partial charge on any atom is 0.434 e. The molecule has 0 aliphatic rings. The van der Waals surface area contributed by atoms with Crippen molar-refractivity contribution in [3.63, 3.8) is 0 Å². The maximum absolute atomic E-state index is 12.8. The van der Waals surface area contributed by atoms with Crippen LogP contribution < -0.4 is 10.5 Å². The molecule has 2 rings (SSSR count). The second-order valence-corrected chi connectivity index (χ2v) is 5.24. The first-order valence-electron chi connectivity index (χ1n) is 5.83. The minimum absolute atomic E-state index is 0.0578. The van der Waals surface area contributed by atoms with Gasteiger partial charge in [0.1, 0.15) is 5.75 Å². The Kier molecular flexibility index (Phi) is 4.29. The summed E-state index contributed by atoms with van der Waals surface area (Å²) in [7, 11) is 1.52. The van der Waals surface area contributed by atoms with Gasteiger partial charge in [-0.2, -0.15) is 13.2 Å². The van der Waals surface area contributed by atoms with Gasteiger partial charge in [-0.3, -0.25) is 0 Å². The summed E-state index contributed by atoms with van der Waals surface area (Å²) in [4.78, 5) is 3.74. The standard InChI is InChI=1S/C13H13F3N2OS/c1-19-9-5-3-2-4-8(9)6-11-18-12(13(14,15)16)10(7-17)20-11/h2-5H,6-7,17H2,1H3.